The van der Waals surface area contributed by atoms with E-state index in [2.05, 4.69) is 15.5 Å². The van der Waals surface area contributed by atoms with E-state index in [9.17, 15) is 4.79 Å². The Balaban J connectivity index is 1.37. The molecule has 0 radical (unpaired) electrons. The number of aromatic nitrogens is 2. The molecule has 0 aliphatic carbocycles. The molecule has 0 fully saturated rings. The largest absolute Gasteiger partial charge is 0.484 e. The van der Waals surface area contributed by atoms with Crippen LogP contribution in [0.3, 0.4) is 0 Å². The predicted octanol–water partition coefficient (Wildman–Crippen LogP) is 2.79. The Morgan fingerprint density at radius 2 is 1.92 bits per heavy atom. The molecule has 0 spiro atoms. The number of amides is 1. The minimum Gasteiger partial charge on any atom is -0.484 e. The molecule has 8 heteroatoms. The average molecular weight is 353 g/mol. The summed E-state index contributed by atoms with van der Waals surface area (Å²) in [4.78, 5) is 12.0. The second-order valence-electron chi connectivity index (χ2n) is 5.63. The molecule has 1 N–H and O–H groups in total. The van der Waals surface area contributed by atoms with Crippen LogP contribution in [0.25, 0.3) is 11.5 Å². The maximum atomic E-state index is 12.0. The van der Waals surface area contributed by atoms with Gasteiger partial charge in [0.25, 0.3) is 5.91 Å². The van der Waals surface area contributed by atoms with Crippen LogP contribution in [0.4, 0.5) is 6.01 Å². The summed E-state index contributed by atoms with van der Waals surface area (Å²) in [5, 5.41) is 10.2. The molecule has 3 aromatic rings. The van der Waals surface area contributed by atoms with E-state index >= 15 is 0 Å². The maximum absolute atomic E-state index is 12.0. The number of carbonyl (C=O) groups is 1. The summed E-state index contributed by atoms with van der Waals surface area (Å²) >= 11 is 0. The van der Waals surface area contributed by atoms with Crippen LogP contribution in [0.2, 0.25) is 0 Å². The van der Waals surface area contributed by atoms with E-state index in [4.69, 9.17) is 18.6 Å². The van der Waals surface area contributed by atoms with Gasteiger partial charge < -0.3 is 18.6 Å². The van der Waals surface area contributed by atoms with E-state index in [-0.39, 0.29) is 25.3 Å². The van der Waals surface area contributed by atoms with Gasteiger partial charge in [0.2, 0.25) is 12.7 Å². The molecule has 0 saturated heterocycles. The van der Waals surface area contributed by atoms with Crippen LogP contribution < -0.4 is 19.5 Å². The molecule has 1 aliphatic rings. The van der Waals surface area contributed by atoms with Gasteiger partial charge in [-0.05, 0) is 37.3 Å². The first kappa shape index (κ1) is 15.9. The van der Waals surface area contributed by atoms with E-state index in [0.717, 1.165) is 5.56 Å². The standard InChI is InChI=1S/C18H15N3O5/c1-11-2-5-13(6-3-11)23-9-16(22)19-18-21-20-17(26-18)12-4-7-14-15(8-12)25-10-24-14/h2-8H,9-10H2,1H3,(H,19,21,22). The zero-order chi connectivity index (χ0) is 17.9. The molecule has 0 saturated carbocycles. The monoisotopic (exact) mass is 353 g/mol. The van der Waals surface area contributed by atoms with Gasteiger partial charge in [0.1, 0.15) is 5.75 Å². The number of anilines is 1. The lowest BCUT2D eigenvalue weighted by atomic mass is 10.2. The fraction of sp³-hybridized carbons (Fsp3) is 0.167. The second-order valence-corrected chi connectivity index (χ2v) is 5.63. The van der Waals surface area contributed by atoms with Crippen molar-refractivity contribution < 1.29 is 23.4 Å². The Morgan fingerprint density at radius 1 is 1.12 bits per heavy atom. The lowest BCUT2D eigenvalue weighted by molar-refractivity contribution is -0.118. The lowest BCUT2D eigenvalue weighted by Gasteiger charge is -2.05. The predicted molar refractivity (Wildman–Crippen MR) is 91.2 cm³/mol. The minimum atomic E-state index is -0.397. The number of carbonyl (C=O) groups excluding carboxylic acids is 1. The van der Waals surface area contributed by atoms with Gasteiger partial charge in [-0.15, -0.1) is 5.10 Å². The highest BCUT2D eigenvalue weighted by Crippen LogP contribution is 2.35. The topological polar surface area (TPSA) is 95.7 Å². The molecular formula is C18H15N3O5. The Morgan fingerprint density at radius 3 is 2.77 bits per heavy atom. The number of benzene rings is 2. The first-order valence-corrected chi connectivity index (χ1v) is 7.90. The van der Waals surface area contributed by atoms with Crippen molar-refractivity contribution in [3.05, 3.63) is 48.0 Å². The number of ether oxygens (including phenoxy) is 3. The molecule has 1 aliphatic heterocycles. The van der Waals surface area contributed by atoms with Crippen LogP contribution >= 0.6 is 0 Å². The van der Waals surface area contributed by atoms with E-state index in [0.29, 0.717) is 22.8 Å². The molecule has 1 aromatic heterocycles. The fourth-order valence-electron chi connectivity index (χ4n) is 2.36. The Kier molecular flexibility index (Phi) is 4.14. The number of rotatable bonds is 5. The first-order valence-electron chi connectivity index (χ1n) is 7.90. The summed E-state index contributed by atoms with van der Waals surface area (Å²) in [6, 6.07) is 12.7. The third-order valence-corrected chi connectivity index (χ3v) is 3.68. The van der Waals surface area contributed by atoms with Crippen LogP contribution in [-0.2, 0) is 4.79 Å². The van der Waals surface area contributed by atoms with Crippen LogP contribution in [0.5, 0.6) is 17.2 Å². The first-order chi connectivity index (χ1) is 12.7. The molecule has 2 heterocycles. The highest BCUT2D eigenvalue weighted by molar-refractivity contribution is 5.89. The highest BCUT2D eigenvalue weighted by atomic mass is 16.7. The molecule has 0 bridgehead atoms. The number of nitrogens with zero attached hydrogens (tertiary/aromatic N) is 2. The Labute approximate surface area is 148 Å². The molecule has 26 heavy (non-hydrogen) atoms. The smallest absolute Gasteiger partial charge is 0.322 e. The molecule has 4 rings (SSSR count). The number of aryl methyl sites for hydroxylation is 1. The van der Waals surface area contributed by atoms with Gasteiger partial charge in [-0.25, -0.2) is 0 Å². The van der Waals surface area contributed by atoms with E-state index in [1.807, 2.05) is 19.1 Å². The third kappa shape index (κ3) is 3.44. The summed E-state index contributed by atoms with van der Waals surface area (Å²) < 4.78 is 21.4. The number of fused-ring (bicyclic) bond motifs is 1. The van der Waals surface area contributed by atoms with Crippen molar-refractivity contribution in [3.8, 4) is 28.7 Å². The van der Waals surface area contributed by atoms with Crippen molar-refractivity contribution in [3.63, 3.8) is 0 Å². The van der Waals surface area contributed by atoms with Gasteiger partial charge in [0, 0.05) is 5.56 Å². The zero-order valence-electron chi connectivity index (χ0n) is 13.9. The van der Waals surface area contributed by atoms with Crippen molar-refractivity contribution in [2.75, 3.05) is 18.7 Å². The molecule has 2 aromatic carbocycles. The maximum Gasteiger partial charge on any atom is 0.322 e. The van der Waals surface area contributed by atoms with Gasteiger partial charge in [-0.1, -0.05) is 22.8 Å². The summed E-state index contributed by atoms with van der Waals surface area (Å²) in [5.74, 6) is 1.75. The van der Waals surface area contributed by atoms with Gasteiger partial charge in [0.05, 0.1) is 0 Å². The highest BCUT2D eigenvalue weighted by Gasteiger charge is 2.17. The summed E-state index contributed by atoms with van der Waals surface area (Å²) in [6.07, 6.45) is 0. The molecule has 0 atom stereocenters. The van der Waals surface area contributed by atoms with Crippen molar-refractivity contribution in [2.45, 2.75) is 6.92 Å². The zero-order valence-corrected chi connectivity index (χ0v) is 13.9. The van der Waals surface area contributed by atoms with Crippen LogP contribution in [-0.4, -0.2) is 29.5 Å². The van der Waals surface area contributed by atoms with Crippen molar-refractivity contribution in [1.29, 1.82) is 0 Å². The summed E-state index contributed by atoms with van der Waals surface area (Å²) in [6.45, 7) is 2.00. The minimum absolute atomic E-state index is 0.00447. The fourth-order valence-corrected chi connectivity index (χ4v) is 2.36. The summed E-state index contributed by atoms with van der Waals surface area (Å²) in [5.41, 5.74) is 1.78. The normalized spacial score (nSPS) is 12.0. The Bertz CT molecular complexity index is 936. The molecular weight excluding hydrogens is 338 g/mol. The van der Waals surface area contributed by atoms with Crippen LogP contribution in [0.1, 0.15) is 5.56 Å². The van der Waals surface area contributed by atoms with E-state index in [1.54, 1.807) is 30.3 Å². The lowest BCUT2D eigenvalue weighted by Crippen LogP contribution is -2.20. The molecule has 132 valence electrons. The quantitative estimate of drug-likeness (QED) is 0.753. The van der Waals surface area contributed by atoms with Crippen LogP contribution in [0.15, 0.2) is 46.9 Å². The second kappa shape index (κ2) is 6.75. The molecule has 0 unspecified atom stereocenters. The van der Waals surface area contributed by atoms with Crippen molar-refractivity contribution >= 4 is 11.9 Å². The van der Waals surface area contributed by atoms with Gasteiger partial charge in [0.15, 0.2) is 18.1 Å². The number of hydrogen-bond donors (Lipinski definition) is 1. The average Bonchev–Trinajstić information content (AvgIpc) is 3.29. The van der Waals surface area contributed by atoms with Crippen molar-refractivity contribution in [1.82, 2.24) is 10.2 Å². The molecule has 1 amide bonds. The van der Waals surface area contributed by atoms with E-state index < -0.39 is 5.91 Å². The summed E-state index contributed by atoms with van der Waals surface area (Å²) in [7, 11) is 0. The molecule has 8 nitrogen and oxygen atoms in total. The van der Waals surface area contributed by atoms with Crippen LogP contribution in [0, 0.1) is 6.92 Å². The SMILES string of the molecule is Cc1ccc(OCC(=O)Nc2nnc(-c3ccc4c(c3)OCO4)o2)cc1. The third-order valence-electron chi connectivity index (χ3n) is 3.68. The Hall–Kier alpha value is -3.55. The number of hydrogen-bond acceptors (Lipinski definition) is 7. The van der Waals surface area contributed by atoms with Gasteiger partial charge in [-0.3, -0.25) is 10.1 Å². The number of nitrogens with one attached hydrogen (secondary N) is 1. The van der Waals surface area contributed by atoms with Gasteiger partial charge >= 0.3 is 6.01 Å². The van der Waals surface area contributed by atoms with Gasteiger partial charge in [-0.2, -0.15) is 0 Å². The van der Waals surface area contributed by atoms with E-state index in [1.165, 1.54) is 0 Å². The van der Waals surface area contributed by atoms with Crippen molar-refractivity contribution in [2.24, 2.45) is 0 Å².